The van der Waals surface area contributed by atoms with E-state index in [4.69, 9.17) is 12.2 Å². The van der Waals surface area contributed by atoms with E-state index in [-0.39, 0.29) is 0 Å². The molecule has 1 heterocycles. The fraction of sp³-hybridized carbons (Fsp3) is 0. The monoisotopic (exact) mass is 409 g/mol. The van der Waals surface area contributed by atoms with Gasteiger partial charge in [0, 0.05) is 14.5 Å². The Morgan fingerprint density at radius 3 is 2.25 bits per heavy atom. The van der Waals surface area contributed by atoms with Crippen molar-refractivity contribution < 1.29 is 0 Å². The fourth-order valence-corrected chi connectivity index (χ4v) is 3.56. The van der Waals surface area contributed by atoms with E-state index in [1.165, 1.54) is 0 Å². The highest BCUT2D eigenvalue weighted by Crippen LogP contribution is 2.32. The zero-order valence-electron chi connectivity index (χ0n) is 10.2. The van der Waals surface area contributed by atoms with Crippen LogP contribution in [-0.2, 0) is 0 Å². The molecule has 0 fully saturated rings. The average molecular weight is 411 g/mol. The van der Waals surface area contributed by atoms with Crippen LogP contribution in [0.25, 0.3) is 17.1 Å². The lowest BCUT2D eigenvalue weighted by Gasteiger charge is -2.11. The first kappa shape index (κ1) is 13.7. The summed E-state index contributed by atoms with van der Waals surface area (Å²) in [5.74, 6) is 0.781. The maximum absolute atomic E-state index is 5.38. The van der Waals surface area contributed by atoms with E-state index in [9.17, 15) is 0 Å². The molecule has 100 valence electrons. The van der Waals surface area contributed by atoms with Crippen LogP contribution in [0, 0.1) is 4.77 Å². The summed E-state index contributed by atoms with van der Waals surface area (Å²) in [6, 6.07) is 15.9. The Bertz CT molecular complexity index is 789. The third-order valence-electron chi connectivity index (χ3n) is 2.87. The van der Waals surface area contributed by atoms with Crippen molar-refractivity contribution in [2.24, 2.45) is 0 Å². The summed E-state index contributed by atoms with van der Waals surface area (Å²) in [7, 11) is 0. The minimum atomic E-state index is 0.552. The van der Waals surface area contributed by atoms with Crippen LogP contribution in [0.1, 0.15) is 0 Å². The Hall–Kier alpha value is -1.24. The van der Waals surface area contributed by atoms with E-state index in [0.29, 0.717) is 4.77 Å². The molecule has 0 bridgehead atoms. The quantitative estimate of drug-likeness (QED) is 0.594. The summed E-state index contributed by atoms with van der Waals surface area (Å²) in [4.78, 5) is 0. The summed E-state index contributed by atoms with van der Waals surface area (Å²) in [6.45, 7) is 0. The zero-order valence-corrected chi connectivity index (χ0v) is 14.2. The number of nitrogens with one attached hydrogen (secondary N) is 1. The number of nitrogens with zero attached hydrogens (tertiary/aromatic N) is 2. The van der Waals surface area contributed by atoms with Gasteiger partial charge in [0.2, 0.25) is 0 Å². The number of hydrogen-bond donors (Lipinski definition) is 1. The third kappa shape index (κ3) is 2.39. The molecule has 0 aliphatic rings. The first-order valence-corrected chi connectivity index (χ1v) is 7.85. The highest BCUT2D eigenvalue weighted by molar-refractivity contribution is 9.11. The Morgan fingerprint density at radius 2 is 1.60 bits per heavy atom. The van der Waals surface area contributed by atoms with Gasteiger partial charge in [0.05, 0.1) is 5.69 Å². The summed E-state index contributed by atoms with van der Waals surface area (Å²) < 4.78 is 4.36. The van der Waals surface area contributed by atoms with Gasteiger partial charge in [-0.2, -0.15) is 5.10 Å². The number of para-hydroxylation sites is 1. The van der Waals surface area contributed by atoms with Crippen LogP contribution in [0.5, 0.6) is 0 Å². The fourth-order valence-electron chi connectivity index (χ4n) is 1.99. The van der Waals surface area contributed by atoms with Gasteiger partial charge in [0.1, 0.15) is 0 Å². The molecule has 6 heteroatoms. The number of H-pyrrole nitrogens is 1. The lowest BCUT2D eigenvalue weighted by atomic mass is 10.2. The second-order valence-corrected chi connectivity index (χ2v) is 6.22. The molecule has 0 aliphatic carbocycles. The maximum atomic E-state index is 5.38. The molecule has 0 saturated carbocycles. The Kier molecular flexibility index (Phi) is 3.87. The summed E-state index contributed by atoms with van der Waals surface area (Å²) in [5.41, 5.74) is 1.94. The van der Waals surface area contributed by atoms with Crippen LogP contribution >= 0.6 is 44.1 Å². The van der Waals surface area contributed by atoms with Crippen LogP contribution in [0.2, 0.25) is 0 Å². The molecular weight excluding hydrogens is 402 g/mol. The van der Waals surface area contributed by atoms with Gasteiger partial charge >= 0.3 is 0 Å². The third-order valence-corrected chi connectivity index (χ3v) is 4.42. The van der Waals surface area contributed by atoms with Crippen molar-refractivity contribution in [2.45, 2.75) is 0 Å². The highest BCUT2D eigenvalue weighted by atomic mass is 79.9. The zero-order chi connectivity index (χ0) is 14.1. The molecule has 0 amide bonds. The summed E-state index contributed by atoms with van der Waals surface area (Å²) in [6.07, 6.45) is 0. The number of hydrogen-bond acceptors (Lipinski definition) is 2. The van der Waals surface area contributed by atoms with Crippen molar-refractivity contribution in [1.29, 1.82) is 0 Å². The molecule has 3 nitrogen and oxygen atoms in total. The smallest absolute Gasteiger partial charge is 0.200 e. The maximum Gasteiger partial charge on any atom is 0.200 e. The molecule has 0 atom stereocenters. The molecule has 0 saturated heterocycles. The van der Waals surface area contributed by atoms with E-state index < -0.39 is 0 Å². The standard InChI is InChI=1S/C14H9Br2N3S/c15-10-7-4-8-11(16)12(10)19-13(17-18-14(19)20)9-5-2-1-3-6-9/h1-8H,(H,18,20). The van der Waals surface area contributed by atoms with Gasteiger partial charge in [-0.25, -0.2) is 0 Å². The highest BCUT2D eigenvalue weighted by Gasteiger charge is 2.15. The van der Waals surface area contributed by atoms with Crippen molar-refractivity contribution in [3.8, 4) is 17.1 Å². The lowest BCUT2D eigenvalue weighted by Crippen LogP contribution is -2.00. The van der Waals surface area contributed by atoms with Crippen molar-refractivity contribution in [3.05, 3.63) is 62.2 Å². The summed E-state index contributed by atoms with van der Waals surface area (Å²) in [5, 5.41) is 7.21. The van der Waals surface area contributed by atoms with Gasteiger partial charge in [-0.15, -0.1) is 0 Å². The second kappa shape index (κ2) is 5.63. The van der Waals surface area contributed by atoms with Gasteiger partial charge in [0.25, 0.3) is 0 Å². The summed E-state index contributed by atoms with van der Waals surface area (Å²) >= 11 is 12.5. The molecule has 3 aromatic rings. The number of halogens is 2. The van der Waals surface area contributed by atoms with Crippen LogP contribution in [0.3, 0.4) is 0 Å². The van der Waals surface area contributed by atoms with Crippen LogP contribution in [0.4, 0.5) is 0 Å². The van der Waals surface area contributed by atoms with Gasteiger partial charge in [-0.3, -0.25) is 9.67 Å². The number of aromatic nitrogens is 3. The second-order valence-electron chi connectivity index (χ2n) is 4.12. The molecule has 3 rings (SSSR count). The molecule has 20 heavy (non-hydrogen) atoms. The van der Waals surface area contributed by atoms with Crippen molar-refractivity contribution in [1.82, 2.24) is 14.8 Å². The van der Waals surface area contributed by atoms with Crippen molar-refractivity contribution in [3.63, 3.8) is 0 Å². The predicted molar refractivity (Wildman–Crippen MR) is 89.6 cm³/mol. The SMILES string of the molecule is S=c1[nH]nc(-c2ccccc2)n1-c1c(Br)cccc1Br. The van der Waals surface area contributed by atoms with Crippen LogP contribution < -0.4 is 0 Å². The van der Waals surface area contributed by atoms with E-state index in [2.05, 4.69) is 42.1 Å². The first-order valence-electron chi connectivity index (χ1n) is 5.85. The topological polar surface area (TPSA) is 33.6 Å². The number of benzene rings is 2. The van der Waals surface area contributed by atoms with Crippen LogP contribution in [0.15, 0.2) is 57.5 Å². The van der Waals surface area contributed by atoms with Gasteiger partial charge in [0.15, 0.2) is 10.6 Å². The Morgan fingerprint density at radius 1 is 0.950 bits per heavy atom. The Labute approximate surface area is 137 Å². The van der Waals surface area contributed by atoms with Crippen molar-refractivity contribution in [2.75, 3.05) is 0 Å². The predicted octanol–water partition coefficient (Wildman–Crippen LogP) is 5.12. The van der Waals surface area contributed by atoms with E-state index in [1.54, 1.807) is 0 Å². The van der Waals surface area contributed by atoms with Crippen molar-refractivity contribution >= 4 is 44.1 Å². The van der Waals surface area contributed by atoms with Crippen LogP contribution in [-0.4, -0.2) is 14.8 Å². The van der Waals surface area contributed by atoms with E-state index in [0.717, 1.165) is 26.0 Å². The first-order chi connectivity index (χ1) is 9.68. The molecule has 2 aromatic carbocycles. The molecule has 1 aromatic heterocycles. The molecule has 0 aliphatic heterocycles. The minimum Gasteiger partial charge on any atom is -0.266 e. The lowest BCUT2D eigenvalue weighted by molar-refractivity contribution is 1.02. The van der Waals surface area contributed by atoms with Gasteiger partial charge in [-0.05, 0) is 56.2 Å². The minimum absolute atomic E-state index is 0.552. The number of aromatic amines is 1. The molecule has 1 N–H and O–H groups in total. The van der Waals surface area contributed by atoms with Gasteiger partial charge in [-0.1, -0.05) is 36.4 Å². The van der Waals surface area contributed by atoms with E-state index >= 15 is 0 Å². The average Bonchev–Trinajstić information content (AvgIpc) is 2.82. The normalized spacial score (nSPS) is 10.7. The van der Waals surface area contributed by atoms with Gasteiger partial charge < -0.3 is 0 Å². The largest absolute Gasteiger partial charge is 0.266 e. The Balaban J connectivity index is 2.31. The number of rotatable bonds is 2. The van der Waals surface area contributed by atoms with E-state index in [1.807, 2.05) is 53.1 Å². The molecule has 0 unspecified atom stereocenters. The molecule has 0 radical (unpaired) electrons. The molecular formula is C14H9Br2N3S. The molecule has 0 spiro atoms.